The second-order valence-corrected chi connectivity index (χ2v) is 7.60. The molecule has 0 aliphatic carbocycles. The molecule has 1 aliphatic heterocycles. The minimum Gasteiger partial charge on any atom is -0.351 e. The second-order valence-electron chi connectivity index (χ2n) is 6.65. The summed E-state index contributed by atoms with van der Waals surface area (Å²) < 4.78 is 5.14. The van der Waals surface area contributed by atoms with Gasteiger partial charge in [0, 0.05) is 30.8 Å². The number of piperidine rings is 1. The molecule has 3 aromatic rings. The van der Waals surface area contributed by atoms with Crippen molar-refractivity contribution in [3.05, 3.63) is 52.6 Å². The molecule has 3 aromatic heterocycles. The number of aromatic nitrogens is 3. The summed E-state index contributed by atoms with van der Waals surface area (Å²) in [5.41, 5.74) is 2.62. The fourth-order valence-corrected chi connectivity index (χ4v) is 4.00. The highest BCUT2D eigenvalue weighted by Gasteiger charge is 2.29. The summed E-state index contributed by atoms with van der Waals surface area (Å²) in [7, 11) is 0. The van der Waals surface area contributed by atoms with Gasteiger partial charge in [-0.05, 0) is 44.2 Å². The molecule has 7 heteroatoms. The number of hydrogen-bond acceptors (Lipinski definition) is 6. The number of carbonyl (C=O) groups is 1. The van der Waals surface area contributed by atoms with Crippen LogP contribution in [0.5, 0.6) is 0 Å². The van der Waals surface area contributed by atoms with Crippen LogP contribution in [0.15, 0.2) is 34.2 Å². The predicted octanol–water partition coefficient (Wildman–Crippen LogP) is 3.83. The SMILES string of the molecule is Cc1cc(C(=O)N2CCC[C@@H](c3nc(C)cc(-c4cccs4)n3)C2)on1. The van der Waals surface area contributed by atoms with E-state index < -0.39 is 0 Å². The summed E-state index contributed by atoms with van der Waals surface area (Å²) in [5, 5.41) is 5.86. The second kappa shape index (κ2) is 6.99. The zero-order valence-electron chi connectivity index (χ0n) is 14.8. The Hall–Kier alpha value is -2.54. The van der Waals surface area contributed by atoms with Crippen LogP contribution >= 0.6 is 11.3 Å². The monoisotopic (exact) mass is 368 g/mol. The van der Waals surface area contributed by atoms with Crippen molar-refractivity contribution in [1.82, 2.24) is 20.0 Å². The molecule has 0 N–H and O–H groups in total. The first-order valence-electron chi connectivity index (χ1n) is 8.72. The number of nitrogens with zero attached hydrogens (tertiary/aromatic N) is 4. The quantitative estimate of drug-likeness (QED) is 0.702. The lowest BCUT2D eigenvalue weighted by Gasteiger charge is -2.31. The summed E-state index contributed by atoms with van der Waals surface area (Å²) in [6.07, 6.45) is 1.90. The Kier molecular flexibility index (Phi) is 4.55. The van der Waals surface area contributed by atoms with Gasteiger partial charge in [-0.2, -0.15) is 0 Å². The van der Waals surface area contributed by atoms with E-state index >= 15 is 0 Å². The molecule has 1 saturated heterocycles. The number of carbonyl (C=O) groups excluding carboxylic acids is 1. The maximum Gasteiger partial charge on any atom is 0.292 e. The molecule has 0 aromatic carbocycles. The summed E-state index contributed by atoms with van der Waals surface area (Å²) in [6, 6.07) is 7.79. The largest absolute Gasteiger partial charge is 0.351 e. The Morgan fingerprint density at radius 1 is 1.27 bits per heavy atom. The highest BCUT2D eigenvalue weighted by molar-refractivity contribution is 7.13. The number of amides is 1. The van der Waals surface area contributed by atoms with E-state index in [1.807, 2.05) is 36.3 Å². The van der Waals surface area contributed by atoms with Gasteiger partial charge in [-0.25, -0.2) is 9.97 Å². The molecule has 0 spiro atoms. The average Bonchev–Trinajstić information content (AvgIpc) is 3.32. The highest BCUT2D eigenvalue weighted by atomic mass is 32.1. The van der Waals surface area contributed by atoms with Crippen LogP contribution in [-0.2, 0) is 0 Å². The summed E-state index contributed by atoms with van der Waals surface area (Å²) >= 11 is 1.67. The first kappa shape index (κ1) is 16.9. The molecule has 134 valence electrons. The maximum absolute atomic E-state index is 12.7. The van der Waals surface area contributed by atoms with Crippen molar-refractivity contribution in [3.8, 4) is 10.6 Å². The third-order valence-corrected chi connectivity index (χ3v) is 5.45. The van der Waals surface area contributed by atoms with Gasteiger partial charge in [-0.15, -0.1) is 11.3 Å². The van der Waals surface area contributed by atoms with Crippen LogP contribution in [0.3, 0.4) is 0 Å². The van der Waals surface area contributed by atoms with Crippen molar-refractivity contribution in [2.45, 2.75) is 32.6 Å². The molecule has 6 nitrogen and oxygen atoms in total. The van der Waals surface area contributed by atoms with Crippen LogP contribution in [0, 0.1) is 13.8 Å². The summed E-state index contributed by atoms with van der Waals surface area (Å²) in [6.45, 7) is 5.13. The maximum atomic E-state index is 12.7. The molecule has 1 fully saturated rings. The van der Waals surface area contributed by atoms with Crippen LogP contribution in [0.2, 0.25) is 0 Å². The number of thiophene rings is 1. The predicted molar refractivity (Wildman–Crippen MR) is 99.2 cm³/mol. The van der Waals surface area contributed by atoms with Crippen LogP contribution in [0.1, 0.15) is 46.5 Å². The zero-order chi connectivity index (χ0) is 18.1. The van der Waals surface area contributed by atoms with E-state index in [1.165, 1.54) is 0 Å². The molecule has 0 radical (unpaired) electrons. The molecule has 4 rings (SSSR count). The lowest BCUT2D eigenvalue weighted by atomic mass is 9.96. The topological polar surface area (TPSA) is 72.1 Å². The average molecular weight is 368 g/mol. The van der Waals surface area contributed by atoms with Crippen LogP contribution in [-0.4, -0.2) is 39.0 Å². The Bertz CT molecular complexity index is 920. The van der Waals surface area contributed by atoms with Crippen LogP contribution in [0.4, 0.5) is 0 Å². The molecule has 26 heavy (non-hydrogen) atoms. The van der Waals surface area contributed by atoms with Gasteiger partial charge in [0.1, 0.15) is 5.82 Å². The molecule has 1 amide bonds. The van der Waals surface area contributed by atoms with Gasteiger partial charge in [0.15, 0.2) is 0 Å². The Labute approximate surface area is 155 Å². The van der Waals surface area contributed by atoms with E-state index in [2.05, 4.69) is 16.2 Å². The first-order valence-corrected chi connectivity index (χ1v) is 9.60. The minimum absolute atomic E-state index is 0.110. The van der Waals surface area contributed by atoms with E-state index in [0.717, 1.165) is 41.5 Å². The van der Waals surface area contributed by atoms with E-state index in [4.69, 9.17) is 9.51 Å². The molecule has 4 heterocycles. The van der Waals surface area contributed by atoms with Crippen LogP contribution < -0.4 is 0 Å². The lowest BCUT2D eigenvalue weighted by molar-refractivity contribution is 0.0662. The normalized spacial score (nSPS) is 17.5. The molecule has 1 aliphatic rings. The van der Waals surface area contributed by atoms with Crippen LogP contribution in [0.25, 0.3) is 10.6 Å². The van der Waals surface area contributed by atoms with Gasteiger partial charge in [0.05, 0.1) is 16.3 Å². The van der Waals surface area contributed by atoms with Crippen molar-refractivity contribution in [2.24, 2.45) is 0 Å². The smallest absolute Gasteiger partial charge is 0.292 e. The standard InChI is InChI=1S/C19H20N4O2S/c1-12-9-15(17-6-4-8-26-17)21-18(20-12)14-5-3-7-23(11-14)19(24)16-10-13(2)22-25-16/h4,6,8-10,14H,3,5,7,11H2,1-2H3/t14-/m1/s1. The third-order valence-electron chi connectivity index (χ3n) is 4.56. The molecular weight excluding hydrogens is 348 g/mol. The van der Waals surface area contributed by atoms with E-state index in [9.17, 15) is 4.79 Å². The minimum atomic E-state index is -0.110. The third kappa shape index (κ3) is 3.39. The summed E-state index contributed by atoms with van der Waals surface area (Å²) in [4.78, 5) is 25.1. The fourth-order valence-electron chi connectivity index (χ4n) is 3.32. The number of rotatable bonds is 3. The molecule has 0 bridgehead atoms. The Morgan fingerprint density at radius 2 is 2.15 bits per heavy atom. The first-order chi connectivity index (χ1) is 12.6. The van der Waals surface area contributed by atoms with Gasteiger partial charge in [0.25, 0.3) is 5.91 Å². The number of likely N-dealkylation sites (tertiary alicyclic amines) is 1. The molecule has 0 unspecified atom stereocenters. The molecule has 0 saturated carbocycles. The Morgan fingerprint density at radius 3 is 2.88 bits per heavy atom. The van der Waals surface area contributed by atoms with Crippen molar-refractivity contribution >= 4 is 17.2 Å². The number of aryl methyl sites for hydroxylation is 2. The lowest BCUT2D eigenvalue weighted by Crippen LogP contribution is -2.39. The van der Waals surface area contributed by atoms with E-state index in [1.54, 1.807) is 17.4 Å². The zero-order valence-corrected chi connectivity index (χ0v) is 15.6. The van der Waals surface area contributed by atoms with Crippen molar-refractivity contribution in [3.63, 3.8) is 0 Å². The number of hydrogen-bond donors (Lipinski definition) is 0. The van der Waals surface area contributed by atoms with Gasteiger partial charge >= 0.3 is 0 Å². The Balaban J connectivity index is 1.57. The van der Waals surface area contributed by atoms with Crippen molar-refractivity contribution in [1.29, 1.82) is 0 Å². The van der Waals surface area contributed by atoms with Gasteiger partial charge < -0.3 is 9.42 Å². The van der Waals surface area contributed by atoms with Gasteiger partial charge in [0.2, 0.25) is 5.76 Å². The van der Waals surface area contributed by atoms with Gasteiger partial charge in [-0.3, -0.25) is 4.79 Å². The fraction of sp³-hybridized carbons (Fsp3) is 0.368. The van der Waals surface area contributed by atoms with Crippen molar-refractivity contribution in [2.75, 3.05) is 13.1 Å². The molecular formula is C19H20N4O2S. The molecule has 1 atom stereocenters. The van der Waals surface area contributed by atoms with E-state index in [0.29, 0.717) is 18.0 Å². The summed E-state index contributed by atoms with van der Waals surface area (Å²) in [5.74, 6) is 1.14. The van der Waals surface area contributed by atoms with Gasteiger partial charge in [-0.1, -0.05) is 11.2 Å². The highest BCUT2D eigenvalue weighted by Crippen LogP contribution is 2.29. The van der Waals surface area contributed by atoms with Crippen molar-refractivity contribution < 1.29 is 9.32 Å². The van der Waals surface area contributed by atoms with E-state index in [-0.39, 0.29) is 11.8 Å².